The molecule has 0 radical (unpaired) electrons. The summed E-state index contributed by atoms with van der Waals surface area (Å²) in [5.41, 5.74) is 0.541. The number of benzene rings is 1. The van der Waals surface area contributed by atoms with Gasteiger partial charge in [0.2, 0.25) is 5.91 Å². The number of carbonyl (C=O) groups is 1. The second kappa shape index (κ2) is 7.56. The first-order valence-electron chi connectivity index (χ1n) is 8.06. The summed E-state index contributed by atoms with van der Waals surface area (Å²) in [5.74, 6) is -1.68. The van der Waals surface area contributed by atoms with Gasteiger partial charge in [-0.2, -0.15) is 0 Å². The molecule has 0 bridgehead atoms. The molecule has 122 valence electrons. The summed E-state index contributed by atoms with van der Waals surface area (Å²) >= 11 is 0. The molecule has 1 aromatic carbocycles. The van der Waals surface area contributed by atoms with Crippen molar-refractivity contribution in [1.29, 1.82) is 0 Å². The van der Waals surface area contributed by atoms with E-state index in [9.17, 15) is 13.6 Å². The van der Waals surface area contributed by atoms with Crippen LogP contribution in [0.15, 0.2) is 18.2 Å². The molecule has 0 aliphatic carbocycles. The molecule has 1 atom stereocenters. The summed E-state index contributed by atoms with van der Waals surface area (Å²) in [6.07, 6.45) is 4.23. The second-order valence-electron chi connectivity index (χ2n) is 5.76. The van der Waals surface area contributed by atoms with Crippen LogP contribution in [-0.4, -0.2) is 36.5 Å². The Labute approximate surface area is 130 Å². The molecular formula is C17H24F2N2O. The minimum atomic E-state index is -0.882. The van der Waals surface area contributed by atoms with Gasteiger partial charge in [0.05, 0.1) is 6.54 Å². The summed E-state index contributed by atoms with van der Waals surface area (Å²) in [4.78, 5) is 16.3. The SMILES string of the molecule is CCC1CCCCN1C(=O)CN(CC)c1ccc(F)c(F)c1. The topological polar surface area (TPSA) is 23.6 Å². The number of anilines is 1. The number of halogens is 2. The lowest BCUT2D eigenvalue weighted by Crippen LogP contribution is -2.48. The van der Waals surface area contributed by atoms with E-state index in [-0.39, 0.29) is 12.5 Å². The van der Waals surface area contributed by atoms with E-state index in [0.717, 1.165) is 37.9 Å². The Morgan fingerprint density at radius 3 is 2.68 bits per heavy atom. The minimum Gasteiger partial charge on any atom is -0.362 e. The Kier molecular flexibility index (Phi) is 5.75. The predicted octanol–water partition coefficient (Wildman–Crippen LogP) is 3.58. The summed E-state index contributed by atoms with van der Waals surface area (Å²) in [7, 11) is 0. The number of nitrogens with zero attached hydrogens (tertiary/aromatic N) is 2. The summed E-state index contributed by atoms with van der Waals surface area (Å²) in [6, 6.07) is 4.08. The molecule has 1 unspecified atom stereocenters. The van der Waals surface area contributed by atoms with Gasteiger partial charge in [-0.1, -0.05) is 6.92 Å². The van der Waals surface area contributed by atoms with E-state index in [4.69, 9.17) is 0 Å². The van der Waals surface area contributed by atoms with Gasteiger partial charge in [0.1, 0.15) is 0 Å². The predicted molar refractivity (Wildman–Crippen MR) is 83.9 cm³/mol. The van der Waals surface area contributed by atoms with E-state index in [2.05, 4.69) is 6.92 Å². The van der Waals surface area contributed by atoms with E-state index in [1.807, 2.05) is 11.8 Å². The molecule has 1 saturated heterocycles. The fourth-order valence-electron chi connectivity index (χ4n) is 3.07. The van der Waals surface area contributed by atoms with Crippen LogP contribution in [0.1, 0.15) is 39.5 Å². The smallest absolute Gasteiger partial charge is 0.242 e. The highest BCUT2D eigenvalue weighted by atomic mass is 19.2. The summed E-state index contributed by atoms with van der Waals surface area (Å²) in [5, 5.41) is 0. The van der Waals surface area contributed by atoms with Gasteiger partial charge in [0, 0.05) is 30.9 Å². The van der Waals surface area contributed by atoms with Crippen molar-refractivity contribution < 1.29 is 13.6 Å². The van der Waals surface area contributed by atoms with E-state index < -0.39 is 11.6 Å². The van der Waals surface area contributed by atoms with Gasteiger partial charge >= 0.3 is 0 Å². The fourth-order valence-corrected chi connectivity index (χ4v) is 3.07. The Hall–Kier alpha value is -1.65. The van der Waals surface area contributed by atoms with Gasteiger partial charge in [-0.25, -0.2) is 8.78 Å². The number of rotatable bonds is 5. The highest BCUT2D eigenvalue weighted by Gasteiger charge is 2.26. The zero-order chi connectivity index (χ0) is 16.1. The third-order valence-electron chi connectivity index (χ3n) is 4.39. The lowest BCUT2D eigenvalue weighted by molar-refractivity contribution is -0.133. The molecule has 1 aliphatic rings. The summed E-state index contributed by atoms with van der Waals surface area (Å²) < 4.78 is 26.4. The van der Waals surface area contributed by atoms with Crippen molar-refractivity contribution in [3.8, 4) is 0 Å². The Morgan fingerprint density at radius 2 is 2.05 bits per heavy atom. The van der Waals surface area contributed by atoms with Gasteiger partial charge in [0.15, 0.2) is 11.6 Å². The summed E-state index contributed by atoms with van der Waals surface area (Å²) in [6.45, 7) is 5.58. The number of likely N-dealkylation sites (tertiary alicyclic amines) is 1. The van der Waals surface area contributed by atoms with Crippen molar-refractivity contribution in [1.82, 2.24) is 4.90 Å². The number of likely N-dealkylation sites (N-methyl/N-ethyl adjacent to an activating group) is 1. The monoisotopic (exact) mass is 310 g/mol. The molecule has 3 nitrogen and oxygen atoms in total. The zero-order valence-corrected chi connectivity index (χ0v) is 13.3. The molecule has 1 amide bonds. The van der Waals surface area contributed by atoms with Crippen molar-refractivity contribution in [3.05, 3.63) is 29.8 Å². The molecule has 0 saturated carbocycles. The largest absolute Gasteiger partial charge is 0.362 e. The van der Waals surface area contributed by atoms with Crippen molar-refractivity contribution in [2.24, 2.45) is 0 Å². The standard InChI is InChI=1S/C17H24F2N2O/c1-3-13-7-5-6-10-21(13)17(22)12-20(4-2)14-8-9-15(18)16(19)11-14/h8-9,11,13H,3-7,10,12H2,1-2H3. The van der Waals surface area contributed by atoms with E-state index in [1.165, 1.54) is 12.5 Å². The Morgan fingerprint density at radius 1 is 1.27 bits per heavy atom. The molecule has 1 aliphatic heterocycles. The van der Waals surface area contributed by atoms with Crippen LogP contribution in [0.2, 0.25) is 0 Å². The molecule has 22 heavy (non-hydrogen) atoms. The van der Waals surface area contributed by atoms with Crippen LogP contribution in [0.25, 0.3) is 0 Å². The average Bonchev–Trinajstić information content (AvgIpc) is 2.55. The molecule has 5 heteroatoms. The molecule has 1 aromatic rings. The molecule has 0 spiro atoms. The van der Waals surface area contributed by atoms with Crippen molar-refractivity contribution >= 4 is 11.6 Å². The van der Waals surface area contributed by atoms with Gasteiger partial charge in [-0.3, -0.25) is 4.79 Å². The minimum absolute atomic E-state index is 0.0677. The highest BCUT2D eigenvalue weighted by Crippen LogP contribution is 2.22. The number of amides is 1. The van der Waals surface area contributed by atoms with E-state index in [1.54, 1.807) is 4.90 Å². The highest BCUT2D eigenvalue weighted by molar-refractivity contribution is 5.82. The number of carbonyl (C=O) groups excluding carboxylic acids is 1. The molecule has 0 aromatic heterocycles. The van der Waals surface area contributed by atoms with Crippen LogP contribution in [0, 0.1) is 11.6 Å². The van der Waals surface area contributed by atoms with Crippen molar-refractivity contribution in [2.45, 2.75) is 45.6 Å². The Bertz CT molecular complexity index is 521. The third kappa shape index (κ3) is 3.76. The maximum atomic E-state index is 13.4. The van der Waals surface area contributed by atoms with Crippen LogP contribution in [0.4, 0.5) is 14.5 Å². The van der Waals surface area contributed by atoms with E-state index >= 15 is 0 Å². The first kappa shape index (κ1) is 16.7. The number of hydrogen-bond acceptors (Lipinski definition) is 2. The van der Waals surface area contributed by atoms with Crippen LogP contribution in [-0.2, 0) is 4.79 Å². The first-order valence-corrected chi connectivity index (χ1v) is 8.06. The van der Waals surface area contributed by atoms with E-state index in [0.29, 0.717) is 18.3 Å². The zero-order valence-electron chi connectivity index (χ0n) is 13.3. The van der Waals surface area contributed by atoms with Gasteiger partial charge in [0.25, 0.3) is 0 Å². The third-order valence-corrected chi connectivity index (χ3v) is 4.39. The number of piperidine rings is 1. The average molecular weight is 310 g/mol. The quantitative estimate of drug-likeness (QED) is 0.830. The second-order valence-corrected chi connectivity index (χ2v) is 5.76. The molecular weight excluding hydrogens is 286 g/mol. The van der Waals surface area contributed by atoms with Gasteiger partial charge in [-0.15, -0.1) is 0 Å². The van der Waals surface area contributed by atoms with Crippen molar-refractivity contribution in [2.75, 3.05) is 24.5 Å². The van der Waals surface area contributed by atoms with Gasteiger partial charge in [-0.05, 0) is 44.7 Å². The molecule has 0 N–H and O–H groups in total. The lowest BCUT2D eigenvalue weighted by Gasteiger charge is -2.37. The molecule has 1 heterocycles. The molecule has 1 fully saturated rings. The van der Waals surface area contributed by atoms with Crippen LogP contribution >= 0.6 is 0 Å². The normalized spacial score (nSPS) is 18.4. The maximum Gasteiger partial charge on any atom is 0.242 e. The number of hydrogen-bond donors (Lipinski definition) is 0. The van der Waals surface area contributed by atoms with Crippen LogP contribution in [0.3, 0.4) is 0 Å². The van der Waals surface area contributed by atoms with Crippen LogP contribution in [0.5, 0.6) is 0 Å². The fraction of sp³-hybridized carbons (Fsp3) is 0.588. The lowest BCUT2D eigenvalue weighted by atomic mass is 10.00. The first-order chi connectivity index (χ1) is 10.6. The Balaban J connectivity index is 2.08. The van der Waals surface area contributed by atoms with Gasteiger partial charge < -0.3 is 9.80 Å². The molecule has 2 rings (SSSR count). The maximum absolute atomic E-state index is 13.4. The van der Waals surface area contributed by atoms with Crippen molar-refractivity contribution in [3.63, 3.8) is 0 Å². The van der Waals surface area contributed by atoms with Crippen LogP contribution < -0.4 is 4.90 Å².